The number of hydrogen-bond donors (Lipinski definition) is 1. The molecule has 3 aliphatic rings. The predicted octanol–water partition coefficient (Wildman–Crippen LogP) is 3.84. The molecule has 9 nitrogen and oxygen atoms in total. The highest BCUT2D eigenvalue weighted by Gasteiger charge is 2.41. The van der Waals surface area contributed by atoms with Gasteiger partial charge in [-0.15, -0.1) is 5.10 Å². The van der Waals surface area contributed by atoms with Gasteiger partial charge in [-0.05, 0) is 84.5 Å². The van der Waals surface area contributed by atoms with Crippen molar-refractivity contribution >= 4 is 10.9 Å². The molecular weight excluding hydrogens is 456 g/mol. The van der Waals surface area contributed by atoms with E-state index in [4.69, 9.17) is 9.47 Å². The summed E-state index contributed by atoms with van der Waals surface area (Å²) in [5.74, 6) is 1.45. The van der Waals surface area contributed by atoms with Gasteiger partial charge >= 0.3 is 0 Å². The summed E-state index contributed by atoms with van der Waals surface area (Å²) in [5.41, 5.74) is 1.70. The minimum absolute atomic E-state index is 0.101. The van der Waals surface area contributed by atoms with Crippen LogP contribution in [0.3, 0.4) is 0 Å². The first-order valence-corrected chi connectivity index (χ1v) is 13.5. The number of benzene rings is 1. The van der Waals surface area contributed by atoms with Crippen LogP contribution in [0.5, 0.6) is 5.75 Å². The summed E-state index contributed by atoms with van der Waals surface area (Å²) in [6, 6.07) is 7.51. The maximum absolute atomic E-state index is 13.6. The molecule has 4 heterocycles. The first-order chi connectivity index (χ1) is 17.6. The van der Waals surface area contributed by atoms with E-state index in [0.29, 0.717) is 17.5 Å². The molecule has 0 amide bonds. The Morgan fingerprint density at radius 1 is 1.17 bits per heavy atom. The van der Waals surface area contributed by atoms with Crippen LogP contribution < -0.4 is 10.3 Å². The van der Waals surface area contributed by atoms with Gasteiger partial charge in [0.1, 0.15) is 11.8 Å². The number of methoxy groups -OCH3 is 1. The molecule has 9 heteroatoms. The van der Waals surface area contributed by atoms with Gasteiger partial charge in [0.25, 0.3) is 5.56 Å². The van der Waals surface area contributed by atoms with E-state index in [2.05, 4.69) is 25.4 Å². The smallest absolute Gasteiger partial charge is 0.253 e. The van der Waals surface area contributed by atoms with Crippen LogP contribution in [-0.4, -0.2) is 63.0 Å². The summed E-state index contributed by atoms with van der Waals surface area (Å²) >= 11 is 0. The second kappa shape index (κ2) is 9.94. The highest BCUT2D eigenvalue weighted by atomic mass is 16.5. The van der Waals surface area contributed by atoms with Crippen LogP contribution >= 0.6 is 0 Å². The Morgan fingerprint density at radius 3 is 2.83 bits per heavy atom. The second-order valence-corrected chi connectivity index (χ2v) is 10.9. The number of aromatic nitrogens is 5. The molecule has 1 aliphatic carbocycles. The molecular formula is C27H36N6O3. The maximum Gasteiger partial charge on any atom is 0.253 e. The number of nitrogens with zero attached hydrogens (tertiary/aromatic N) is 5. The van der Waals surface area contributed by atoms with Crippen molar-refractivity contribution < 1.29 is 9.47 Å². The van der Waals surface area contributed by atoms with Gasteiger partial charge in [-0.1, -0.05) is 19.3 Å². The zero-order valence-corrected chi connectivity index (χ0v) is 21.1. The van der Waals surface area contributed by atoms with Gasteiger partial charge in [0.15, 0.2) is 5.82 Å². The molecule has 2 aliphatic heterocycles. The normalized spacial score (nSPS) is 23.3. The lowest BCUT2D eigenvalue weighted by molar-refractivity contribution is 0.0326. The number of likely N-dealkylation sites (tertiary alicyclic amines) is 1. The number of fused-ring (bicyclic) bond motifs is 1. The summed E-state index contributed by atoms with van der Waals surface area (Å²) in [7, 11) is 1.63. The monoisotopic (exact) mass is 492 g/mol. The molecule has 1 aromatic carbocycles. The van der Waals surface area contributed by atoms with Crippen molar-refractivity contribution in [3.05, 3.63) is 46.0 Å². The van der Waals surface area contributed by atoms with Crippen LogP contribution in [-0.2, 0) is 11.3 Å². The molecule has 0 radical (unpaired) electrons. The third kappa shape index (κ3) is 4.54. The van der Waals surface area contributed by atoms with Crippen molar-refractivity contribution in [1.82, 2.24) is 30.1 Å². The summed E-state index contributed by atoms with van der Waals surface area (Å²) in [4.78, 5) is 19.2. The average molecular weight is 493 g/mol. The Balaban J connectivity index is 1.43. The number of tetrazole rings is 1. The van der Waals surface area contributed by atoms with Crippen molar-refractivity contribution in [3.63, 3.8) is 0 Å². The van der Waals surface area contributed by atoms with Crippen molar-refractivity contribution in [2.75, 3.05) is 26.8 Å². The van der Waals surface area contributed by atoms with E-state index in [9.17, 15) is 4.79 Å². The van der Waals surface area contributed by atoms with Crippen LogP contribution in [0.25, 0.3) is 10.9 Å². The highest BCUT2D eigenvalue weighted by molar-refractivity contribution is 5.80. The number of hydrogen-bond acceptors (Lipinski definition) is 7. The Kier molecular flexibility index (Phi) is 6.52. The van der Waals surface area contributed by atoms with Crippen LogP contribution in [0.1, 0.15) is 75.2 Å². The molecule has 2 saturated heterocycles. The van der Waals surface area contributed by atoms with Crippen molar-refractivity contribution in [3.8, 4) is 5.75 Å². The topological polar surface area (TPSA) is 98.2 Å². The quantitative estimate of drug-likeness (QED) is 0.558. The van der Waals surface area contributed by atoms with Gasteiger partial charge in [0.2, 0.25) is 0 Å². The number of ether oxygens (including phenoxy) is 2. The van der Waals surface area contributed by atoms with E-state index in [1.165, 1.54) is 38.5 Å². The first-order valence-electron chi connectivity index (χ1n) is 13.5. The number of aromatic amines is 1. The van der Waals surface area contributed by atoms with Crippen LogP contribution in [0.2, 0.25) is 0 Å². The lowest BCUT2D eigenvalue weighted by Crippen LogP contribution is -2.47. The molecule has 0 bridgehead atoms. The Bertz CT molecular complexity index is 1250. The van der Waals surface area contributed by atoms with Gasteiger partial charge in [0, 0.05) is 24.8 Å². The number of nitrogens with one attached hydrogen (secondary N) is 1. The fourth-order valence-corrected chi connectivity index (χ4v) is 6.72. The zero-order valence-electron chi connectivity index (χ0n) is 21.1. The Hall–Kier alpha value is -2.78. The zero-order chi connectivity index (χ0) is 24.5. The molecule has 192 valence electrons. The number of pyridine rings is 1. The van der Waals surface area contributed by atoms with E-state index in [1.54, 1.807) is 7.11 Å². The van der Waals surface area contributed by atoms with Crippen molar-refractivity contribution in [2.45, 2.75) is 76.5 Å². The lowest BCUT2D eigenvalue weighted by Gasteiger charge is -2.47. The Morgan fingerprint density at radius 2 is 2.03 bits per heavy atom. The minimum Gasteiger partial charge on any atom is -0.497 e. The summed E-state index contributed by atoms with van der Waals surface area (Å²) in [5, 5.41) is 13.9. The molecule has 2 atom stereocenters. The van der Waals surface area contributed by atoms with E-state index in [1.807, 2.05) is 28.9 Å². The van der Waals surface area contributed by atoms with Crippen molar-refractivity contribution in [2.24, 2.45) is 5.41 Å². The second-order valence-electron chi connectivity index (χ2n) is 10.9. The molecule has 1 N–H and O–H groups in total. The number of piperidine rings is 1. The molecule has 3 aromatic rings. The minimum atomic E-state index is -0.309. The maximum atomic E-state index is 13.6. The van der Waals surface area contributed by atoms with E-state index < -0.39 is 0 Å². The SMILES string of the molecule is COc1ccc2cc([C@H](c3nnnn3C[C@H]3CCCO3)N3CCCC4(CCCCC4)C3)c(=O)[nH]c2c1. The molecule has 3 fully saturated rings. The van der Waals surface area contributed by atoms with Crippen LogP contribution in [0, 0.1) is 5.41 Å². The van der Waals surface area contributed by atoms with E-state index >= 15 is 0 Å². The summed E-state index contributed by atoms with van der Waals surface area (Å²) < 4.78 is 13.1. The number of rotatable bonds is 6. The summed E-state index contributed by atoms with van der Waals surface area (Å²) in [6.45, 7) is 3.30. The van der Waals surface area contributed by atoms with Gasteiger partial charge in [-0.25, -0.2) is 4.68 Å². The fourth-order valence-electron chi connectivity index (χ4n) is 6.72. The highest BCUT2D eigenvalue weighted by Crippen LogP contribution is 2.45. The molecule has 36 heavy (non-hydrogen) atoms. The average Bonchev–Trinajstić information content (AvgIpc) is 3.58. The standard InChI is InChI=1S/C27H36N6O3/c1-35-20-9-8-19-15-22(26(34)28-23(19)16-20)24(25-29-30-31-33(25)17-21-7-5-14-36-21)32-13-6-12-27(18-32)10-3-2-4-11-27/h8-9,15-16,21,24H,2-7,10-14,17-18H2,1H3,(H,28,34)/t21-,24-/m1/s1. The fraction of sp³-hybridized carbons (Fsp3) is 0.630. The van der Waals surface area contributed by atoms with Crippen molar-refractivity contribution in [1.29, 1.82) is 0 Å². The summed E-state index contributed by atoms with van der Waals surface area (Å²) in [6.07, 6.45) is 11.1. The van der Waals surface area contributed by atoms with Gasteiger partial charge in [0.05, 0.1) is 25.3 Å². The largest absolute Gasteiger partial charge is 0.497 e. The molecule has 0 unspecified atom stereocenters. The number of H-pyrrole nitrogens is 1. The van der Waals surface area contributed by atoms with Gasteiger partial charge < -0.3 is 14.5 Å². The van der Waals surface area contributed by atoms with Crippen LogP contribution in [0.15, 0.2) is 29.1 Å². The third-order valence-electron chi connectivity index (χ3n) is 8.55. The lowest BCUT2D eigenvalue weighted by atomic mass is 9.69. The Labute approximate surface area is 211 Å². The van der Waals surface area contributed by atoms with Gasteiger partial charge in [-0.3, -0.25) is 9.69 Å². The molecule has 6 rings (SSSR count). The van der Waals surface area contributed by atoms with E-state index in [0.717, 1.165) is 61.4 Å². The third-order valence-corrected chi connectivity index (χ3v) is 8.55. The molecule has 2 aromatic heterocycles. The molecule has 1 saturated carbocycles. The molecule has 1 spiro atoms. The van der Waals surface area contributed by atoms with Gasteiger partial charge in [-0.2, -0.15) is 0 Å². The first kappa shape index (κ1) is 23.6. The van der Waals surface area contributed by atoms with E-state index in [-0.39, 0.29) is 17.7 Å². The van der Waals surface area contributed by atoms with Crippen LogP contribution in [0.4, 0.5) is 0 Å². The predicted molar refractivity (Wildman–Crippen MR) is 136 cm³/mol.